The van der Waals surface area contributed by atoms with Gasteiger partial charge in [0.05, 0.1) is 0 Å². The molecule has 2 aliphatic carbocycles. The molecule has 50 valence electrons. The van der Waals surface area contributed by atoms with Crippen LogP contribution in [0.3, 0.4) is 0 Å². The van der Waals surface area contributed by atoms with E-state index in [0.717, 1.165) is 17.8 Å². The highest BCUT2D eigenvalue weighted by Gasteiger charge is 2.44. The summed E-state index contributed by atoms with van der Waals surface area (Å²) in [4.78, 5) is 0. The Hall–Kier alpha value is -0.260. The van der Waals surface area contributed by atoms with Crippen LogP contribution in [0.25, 0.3) is 0 Å². The Balaban J connectivity index is 1.90. The van der Waals surface area contributed by atoms with Crippen LogP contribution in [0, 0.1) is 17.8 Å². The van der Waals surface area contributed by atoms with Gasteiger partial charge in [-0.25, -0.2) is 0 Å². The van der Waals surface area contributed by atoms with Gasteiger partial charge in [0.1, 0.15) is 0 Å². The topological polar surface area (TPSA) is 0 Å². The molecule has 0 radical (unpaired) electrons. The van der Waals surface area contributed by atoms with E-state index in [0.29, 0.717) is 0 Å². The first-order valence-corrected chi connectivity index (χ1v) is 4.03. The van der Waals surface area contributed by atoms with Gasteiger partial charge in [-0.15, -0.1) is 0 Å². The highest BCUT2D eigenvalue weighted by atomic mass is 14.5. The summed E-state index contributed by atoms with van der Waals surface area (Å²) < 4.78 is 0. The van der Waals surface area contributed by atoms with E-state index >= 15 is 0 Å². The summed E-state index contributed by atoms with van der Waals surface area (Å²) in [5.74, 6) is 3.25. The van der Waals surface area contributed by atoms with Gasteiger partial charge in [-0.2, -0.15) is 0 Å². The average Bonchev–Trinajstić information content (AvgIpc) is 2.42. The maximum Gasteiger partial charge on any atom is -0.0228 e. The number of rotatable bonds is 1. The van der Waals surface area contributed by atoms with Gasteiger partial charge < -0.3 is 0 Å². The van der Waals surface area contributed by atoms with Gasteiger partial charge in [0.25, 0.3) is 0 Å². The summed E-state index contributed by atoms with van der Waals surface area (Å²) in [5.41, 5.74) is 0. The Morgan fingerprint density at radius 3 is 2.33 bits per heavy atom. The smallest absolute Gasteiger partial charge is 0.0228 e. The molecule has 0 saturated heterocycles. The van der Waals surface area contributed by atoms with Gasteiger partial charge in [0, 0.05) is 0 Å². The van der Waals surface area contributed by atoms with E-state index in [1.54, 1.807) is 6.42 Å². The molecule has 2 aliphatic rings. The fourth-order valence-corrected chi connectivity index (χ4v) is 2.19. The highest BCUT2D eigenvalue weighted by molar-refractivity contribution is 5.02. The molecule has 0 aromatic rings. The van der Waals surface area contributed by atoms with Gasteiger partial charge in [-0.05, 0) is 43.9 Å². The minimum atomic E-state index is 0.957. The third kappa shape index (κ3) is 0.910. The van der Waals surface area contributed by atoms with E-state index in [2.05, 4.69) is 19.1 Å². The molecule has 0 spiro atoms. The van der Waals surface area contributed by atoms with Crippen molar-refractivity contribution in [3.8, 4) is 0 Å². The Kier molecular flexibility index (Phi) is 1.14. The molecule has 2 saturated carbocycles. The Morgan fingerprint density at radius 2 is 1.78 bits per heavy atom. The lowest BCUT2D eigenvalue weighted by molar-refractivity contribution is 0.591. The van der Waals surface area contributed by atoms with Crippen molar-refractivity contribution in [3.63, 3.8) is 0 Å². The van der Waals surface area contributed by atoms with Gasteiger partial charge in [0.2, 0.25) is 0 Å². The molecule has 0 aliphatic heterocycles. The molecule has 2 rings (SSSR count). The predicted molar refractivity (Wildman–Crippen MR) is 39.1 cm³/mol. The van der Waals surface area contributed by atoms with Crippen LogP contribution >= 0.6 is 0 Å². The van der Waals surface area contributed by atoms with E-state index in [4.69, 9.17) is 0 Å². The number of allylic oxidation sites excluding steroid dienone is 2. The summed E-state index contributed by atoms with van der Waals surface area (Å²) in [5, 5.41) is 0. The van der Waals surface area contributed by atoms with Crippen molar-refractivity contribution in [2.24, 2.45) is 17.8 Å². The monoisotopic (exact) mass is 122 g/mol. The Bertz CT molecular complexity index is 125. The van der Waals surface area contributed by atoms with E-state index < -0.39 is 0 Å². The van der Waals surface area contributed by atoms with Gasteiger partial charge in [-0.1, -0.05) is 12.2 Å². The molecule has 0 aromatic carbocycles. The Morgan fingerprint density at radius 1 is 1.11 bits per heavy atom. The summed E-state index contributed by atoms with van der Waals surface area (Å²) in [6.07, 6.45) is 9.12. The molecule has 2 fully saturated rings. The van der Waals surface area contributed by atoms with Crippen LogP contribution in [0.4, 0.5) is 0 Å². The zero-order chi connectivity index (χ0) is 6.27. The van der Waals surface area contributed by atoms with Crippen LogP contribution in [-0.4, -0.2) is 0 Å². The molecule has 2 unspecified atom stereocenters. The van der Waals surface area contributed by atoms with Crippen molar-refractivity contribution in [2.75, 3.05) is 0 Å². The van der Waals surface area contributed by atoms with Gasteiger partial charge in [-0.3, -0.25) is 0 Å². The molecule has 0 N–H and O–H groups in total. The maximum absolute atomic E-state index is 2.38. The van der Waals surface area contributed by atoms with Crippen LogP contribution in [0.1, 0.15) is 26.2 Å². The van der Waals surface area contributed by atoms with Crippen molar-refractivity contribution in [1.82, 2.24) is 0 Å². The first-order valence-electron chi connectivity index (χ1n) is 4.03. The lowest BCUT2D eigenvalue weighted by Gasteiger charge is -2.02. The van der Waals surface area contributed by atoms with Crippen molar-refractivity contribution in [1.29, 1.82) is 0 Å². The largest absolute Gasteiger partial charge is 0.0914 e. The Labute approximate surface area is 57.0 Å². The van der Waals surface area contributed by atoms with Crippen molar-refractivity contribution < 1.29 is 0 Å². The first-order chi connectivity index (χ1) is 4.40. The molecular weight excluding hydrogens is 108 g/mol. The maximum atomic E-state index is 2.38. The fraction of sp³-hybridized carbons (Fsp3) is 0.778. The van der Waals surface area contributed by atoms with Gasteiger partial charge in [0.15, 0.2) is 0 Å². The van der Waals surface area contributed by atoms with Crippen LogP contribution in [0.15, 0.2) is 12.2 Å². The molecular formula is C9H14. The molecule has 0 aromatic heterocycles. The number of fused-ring (bicyclic) bond motifs is 1. The minimum Gasteiger partial charge on any atom is -0.0914 e. The first kappa shape index (κ1) is 5.52. The quantitative estimate of drug-likeness (QED) is 0.469. The molecule has 0 nitrogen and oxygen atoms in total. The van der Waals surface area contributed by atoms with Crippen molar-refractivity contribution in [2.45, 2.75) is 26.2 Å². The molecule has 2 atom stereocenters. The van der Waals surface area contributed by atoms with E-state index in [9.17, 15) is 0 Å². The van der Waals surface area contributed by atoms with E-state index in [1.807, 2.05) is 0 Å². The standard InChI is InChI=1S/C9H14/c1-2-3-7-4-8-6-9(8)5-7/h2-3,7-9H,4-6H2,1H3/b3-2+. The summed E-state index contributed by atoms with van der Waals surface area (Å²) in [6.45, 7) is 2.13. The second-order valence-corrected chi connectivity index (χ2v) is 3.51. The SMILES string of the molecule is C/C=C/C1CC2CC2C1. The summed E-state index contributed by atoms with van der Waals surface area (Å²) in [7, 11) is 0. The fourth-order valence-electron chi connectivity index (χ4n) is 2.19. The van der Waals surface area contributed by atoms with Crippen LogP contribution < -0.4 is 0 Å². The van der Waals surface area contributed by atoms with E-state index in [-0.39, 0.29) is 0 Å². The normalized spacial score (nSPS) is 47.9. The lowest BCUT2D eigenvalue weighted by atomic mass is 10.0. The third-order valence-corrected chi connectivity index (χ3v) is 2.74. The third-order valence-electron chi connectivity index (χ3n) is 2.74. The second kappa shape index (κ2) is 1.86. The van der Waals surface area contributed by atoms with Crippen LogP contribution in [0.5, 0.6) is 0 Å². The van der Waals surface area contributed by atoms with Crippen LogP contribution in [-0.2, 0) is 0 Å². The molecule has 0 heteroatoms. The average molecular weight is 122 g/mol. The zero-order valence-electron chi connectivity index (χ0n) is 6.01. The number of hydrogen-bond donors (Lipinski definition) is 0. The number of hydrogen-bond acceptors (Lipinski definition) is 0. The summed E-state index contributed by atoms with van der Waals surface area (Å²) >= 11 is 0. The molecule has 0 bridgehead atoms. The van der Waals surface area contributed by atoms with E-state index in [1.165, 1.54) is 12.8 Å². The molecule has 0 heterocycles. The minimum absolute atomic E-state index is 0.957. The molecule has 9 heavy (non-hydrogen) atoms. The zero-order valence-corrected chi connectivity index (χ0v) is 6.01. The lowest BCUT2D eigenvalue weighted by Crippen LogP contribution is -1.89. The van der Waals surface area contributed by atoms with Crippen molar-refractivity contribution in [3.05, 3.63) is 12.2 Å². The summed E-state index contributed by atoms with van der Waals surface area (Å²) in [6, 6.07) is 0. The highest BCUT2D eigenvalue weighted by Crippen LogP contribution is 2.54. The van der Waals surface area contributed by atoms with Gasteiger partial charge >= 0.3 is 0 Å². The second-order valence-electron chi connectivity index (χ2n) is 3.51. The molecule has 0 amide bonds. The van der Waals surface area contributed by atoms with Crippen LogP contribution in [0.2, 0.25) is 0 Å². The predicted octanol–water partition coefficient (Wildman–Crippen LogP) is 2.61. The van der Waals surface area contributed by atoms with Crippen molar-refractivity contribution >= 4 is 0 Å².